The number of aliphatic hydroxyl groups excluding tert-OH is 2. The van der Waals surface area contributed by atoms with Crippen LogP contribution in [0.2, 0.25) is 0 Å². The third-order valence-electron chi connectivity index (χ3n) is 2.88. The first-order valence-corrected chi connectivity index (χ1v) is 5.60. The standard InChI is InChI=1S/C12H20O2/c1-2-3-9-11(13)12(14)10-7-5-4-6-8-10/h10-14H,2,4-8H2,1H3/t11-,12+/m1/s1. The molecule has 2 atom stereocenters. The summed E-state index contributed by atoms with van der Waals surface area (Å²) in [6, 6.07) is 0. The number of rotatable bonds is 2. The molecule has 80 valence electrons. The molecule has 2 N–H and O–H groups in total. The Balaban J connectivity index is 2.41. The van der Waals surface area contributed by atoms with Crippen LogP contribution in [0.15, 0.2) is 0 Å². The Morgan fingerprint density at radius 2 is 1.86 bits per heavy atom. The van der Waals surface area contributed by atoms with Crippen LogP contribution in [-0.2, 0) is 0 Å². The maximum Gasteiger partial charge on any atom is 0.140 e. The quantitative estimate of drug-likeness (QED) is 0.660. The van der Waals surface area contributed by atoms with E-state index in [4.69, 9.17) is 0 Å². The molecule has 0 unspecified atom stereocenters. The molecule has 0 aromatic heterocycles. The van der Waals surface area contributed by atoms with Gasteiger partial charge in [0.05, 0.1) is 6.10 Å². The maximum atomic E-state index is 9.82. The molecule has 0 bridgehead atoms. The second-order valence-corrected chi connectivity index (χ2v) is 4.01. The van der Waals surface area contributed by atoms with Gasteiger partial charge < -0.3 is 10.2 Å². The van der Waals surface area contributed by atoms with Crippen LogP contribution in [-0.4, -0.2) is 22.4 Å². The Labute approximate surface area is 86.3 Å². The van der Waals surface area contributed by atoms with Crippen molar-refractivity contribution < 1.29 is 10.2 Å². The monoisotopic (exact) mass is 196 g/mol. The summed E-state index contributed by atoms with van der Waals surface area (Å²) in [7, 11) is 0. The molecule has 0 heterocycles. The highest BCUT2D eigenvalue weighted by Crippen LogP contribution is 2.27. The summed E-state index contributed by atoms with van der Waals surface area (Å²) < 4.78 is 0. The van der Waals surface area contributed by atoms with Gasteiger partial charge in [0.2, 0.25) is 0 Å². The average Bonchev–Trinajstić information content (AvgIpc) is 2.26. The summed E-state index contributed by atoms with van der Waals surface area (Å²) in [6.07, 6.45) is 4.92. The van der Waals surface area contributed by atoms with Crippen molar-refractivity contribution in [2.45, 2.75) is 57.7 Å². The highest BCUT2D eigenvalue weighted by atomic mass is 16.3. The van der Waals surface area contributed by atoms with E-state index in [0.717, 1.165) is 19.3 Å². The summed E-state index contributed by atoms with van der Waals surface area (Å²) in [5.74, 6) is 5.75. The van der Waals surface area contributed by atoms with Gasteiger partial charge in [0.15, 0.2) is 0 Å². The lowest BCUT2D eigenvalue weighted by molar-refractivity contribution is 0.000657. The van der Waals surface area contributed by atoms with E-state index in [1.165, 1.54) is 19.3 Å². The minimum atomic E-state index is -0.849. The van der Waals surface area contributed by atoms with Crippen LogP contribution in [0.1, 0.15) is 45.4 Å². The Kier molecular flexibility index (Phi) is 5.00. The van der Waals surface area contributed by atoms with Crippen LogP contribution in [0.4, 0.5) is 0 Å². The van der Waals surface area contributed by atoms with Crippen molar-refractivity contribution in [2.75, 3.05) is 0 Å². The van der Waals surface area contributed by atoms with Gasteiger partial charge >= 0.3 is 0 Å². The van der Waals surface area contributed by atoms with E-state index < -0.39 is 12.2 Å². The molecule has 2 nitrogen and oxygen atoms in total. The SMILES string of the molecule is CCC#C[C@@H](O)[C@@H](O)C1CCCCC1. The molecular weight excluding hydrogens is 176 g/mol. The van der Waals surface area contributed by atoms with Crippen LogP contribution >= 0.6 is 0 Å². The van der Waals surface area contributed by atoms with E-state index in [2.05, 4.69) is 11.8 Å². The van der Waals surface area contributed by atoms with Crippen LogP contribution in [0.5, 0.6) is 0 Å². The van der Waals surface area contributed by atoms with E-state index in [9.17, 15) is 10.2 Å². The molecule has 1 fully saturated rings. The van der Waals surface area contributed by atoms with Gasteiger partial charge in [0.1, 0.15) is 6.10 Å². The first kappa shape index (κ1) is 11.6. The molecule has 0 radical (unpaired) electrons. The predicted octanol–water partition coefficient (Wildman–Crippen LogP) is 1.70. The zero-order chi connectivity index (χ0) is 10.4. The van der Waals surface area contributed by atoms with Gasteiger partial charge in [-0.3, -0.25) is 0 Å². The van der Waals surface area contributed by atoms with E-state index in [1.54, 1.807) is 0 Å². The lowest BCUT2D eigenvalue weighted by Crippen LogP contribution is -2.33. The minimum absolute atomic E-state index is 0.255. The van der Waals surface area contributed by atoms with Crippen molar-refractivity contribution >= 4 is 0 Å². The van der Waals surface area contributed by atoms with Crippen molar-refractivity contribution in [3.8, 4) is 11.8 Å². The lowest BCUT2D eigenvalue weighted by atomic mass is 9.83. The lowest BCUT2D eigenvalue weighted by Gasteiger charge is -2.27. The van der Waals surface area contributed by atoms with Gasteiger partial charge in [-0.2, -0.15) is 0 Å². The Bertz CT molecular complexity index is 208. The molecule has 1 aliphatic rings. The minimum Gasteiger partial charge on any atom is -0.389 e. The molecule has 0 amide bonds. The van der Waals surface area contributed by atoms with Gasteiger partial charge in [-0.1, -0.05) is 32.1 Å². The normalized spacial score (nSPS) is 22.2. The molecule has 0 saturated heterocycles. The fourth-order valence-corrected chi connectivity index (χ4v) is 2.03. The maximum absolute atomic E-state index is 9.82. The van der Waals surface area contributed by atoms with Crippen molar-refractivity contribution in [1.29, 1.82) is 0 Å². The molecule has 2 heteroatoms. The number of hydrogen-bond donors (Lipinski definition) is 2. The summed E-state index contributed by atoms with van der Waals surface area (Å²) in [5.41, 5.74) is 0. The van der Waals surface area contributed by atoms with Crippen LogP contribution in [0, 0.1) is 17.8 Å². The Morgan fingerprint density at radius 1 is 1.21 bits per heavy atom. The average molecular weight is 196 g/mol. The molecule has 0 aromatic rings. The highest BCUT2D eigenvalue weighted by molar-refractivity contribution is 5.07. The van der Waals surface area contributed by atoms with Gasteiger partial charge in [0.25, 0.3) is 0 Å². The first-order valence-electron chi connectivity index (χ1n) is 5.60. The predicted molar refractivity (Wildman–Crippen MR) is 56.7 cm³/mol. The molecule has 0 aromatic carbocycles. The molecule has 0 spiro atoms. The molecule has 0 aliphatic heterocycles. The smallest absolute Gasteiger partial charge is 0.140 e. The van der Waals surface area contributed by atoms with Gasteiger partial charge in [-0.05, 0) is 18.8 Å². The molecule has 14 heavy (non-hydrogen) atoms. The van der Waals surface area contributed by atoms with Crippen LogP contribution < -0.4 is 0 Å². The summed E-state index contributed by atoms with van der Waals surface area (Å²) >= 11 is 0. The Hall–Kier alpha value is -0.520. The molecule has 1 saturated carbocycles. The molecule has 1 rings (SSSR count). The van der Waals surface area contributed by atoms with Crippen molar-refractivity contribution in [3.63, 3.8) is 0 Å². The summed E-state index contributed by atoms with van der Waals surface area (Å²) in [5, 5.41) is 19.4. The second kappa shape index (κ2) is 6.06. The van der Waals surface area contributed by atoms with Crippen LogP contribution in [0.3, 0.4) is 0 Å². The largest absolute Gasteiger partial charge is 0.389 e. The number of hydrogen-bond acceptors (Lipinski definition) is 2. The van der Waals surface area contributed by atoms with Gasteiger partial charge in [-0.15, -0.1) is 5.92 Å². The topological polar surface area (TPSA) is 40.5 Å². The third kappa shape index (κ3) is 3.32. The second-order valence-electron chi connectivity index (χ2n) is 4.01. The van der Waals surface area contributed by atoms with Crippen molar-refractivity contribution in [3.05, 3.63) is 0 Å². The van der Waals surface area contributed by atoms with E-state index in [1.807, 2.05) is 6.92 Å². The number of aliphatic hydroxyl groups is 2. The van der Waals surface area contributed by atoms with E-state index in [-0.39, 0.29) is 5.92 Å². The third-order valence-corrected chi connectivity index (χ3v) is 2.88. The van der Waals surface area contributed by atoms with E-state index in [0.29, 0.717) is 0 Å². The molecular formula is C12H20O2. The summed E-state index contributed by atoms with van der Waals surface area (Å²) in [4.78, 5) is 0. The van der Waals surface area contributed by atoms with Gasteiger partial charge in [0, 0.05) is 6.42 Å². The Morgan fingerprint density at radius 3 is 2.43 bits per heavy atom. The van der Waals surface area contributed by atoms with Gasteiger partial charge in [-0.25, -0.2) is 0 Å². The van der Waals surface area contributed by atoms with E-state index >= 15 is 0 Å². The zero-order valence-corrected chi connectivity index (χ0v) is 8.87. The first-order chi connectivity index (χ1) is 6.75. The summed E-state index contributed by atoms with van der Waals surface area (Å²) in [6.45, 7) is 1.94. The van der Waals surface area contributed by atoms with Crippen molar-refractivity contribution in [1.82, 2.24) is 0 Å². The fourth-order valence-electron chi connectivity index (χ4n) is 2.03. The zero-order valence-electron chi connectivity index (χ0n) is 8.87. The highest BCUT2D eigenvalue weighted by Gasteiger charge is 2.26. The fraction of sp³-hybridized carbons (Fsp3) is 0.833. The van der Waals surface area contributed by atoms with Crippen LogP contribution in [0.25, 0.3) is 0 Å². The molecule has 1 aliphatic carbocycles. The van der Waals surface area contributed by atoms with Crippen molar-refractivity contribution in [2.24, 2.45) is 5.92 Å².